The predicted molar refractivity (Wildman–Crippen MR) is 104 cm³/mol. The first-order valence-electron chi connectivity index (χ1n) is 8.75. The van der Waals surface area contributed by atoms with Gasteiger partial charge in [-0.1, -0.05) is 18.2 Å². The van der Waals surface area contributed by atoms with E-state index in [0.29, 0.717) is 28.5 Å². The maximum absolute atomic E-state index is 13.6. The number of aromatic nitrogens is 2. The third-order valence-corrected chi connectivity index (χ3v) is 6.69. The van der Waals surface area contributed by atoms with E-state index in [0.717, 1.165) is 16.9 Å². The molecule has 1 aromatic heterocycles. The molecule has 0 saturated heterocycles. The number of para-hydroxylation sites is 1. The third-order valence-electron chi connectivity index (χ3n) is 4.75. The first-order valence-corrected chi connectivity index (χ1v) is 10.2. The van der Waals surface area contributed by atoms with Crippen LogP contribution in [-0.4, -0.2) is 31.1 Å². The Morgan fingerprint density at radius 3 is 2.63 bits per heavy atom. The van der Waals surface area contributed by atoms with Gasteiger partial charge >= 0.3 is 0 Å². The maximum atomic E-state index is 13.6. The summed E-state index contributed by atoms with van der Waals surface area (Å²) in [5, 5.41) is 0. The molecular formula is C20H21N3O3S. The van der Waals surface area contributed by atoms with Gasteiger partial charge in [-0.3, -0.25) is 4.31 Å². The fourth-order valence-electron chi connectivity index (χ4n) is 3.37. The Hall–Kier alpha value is -2.80. The van der Waals surface area contributed by atoms with Gasteiger partial charge in [-0.15, -0.1) is 0 Å². The highest BCUT2D eigenvalue weighted by atomic mass is 32.2. The van der Waals surface area contributed by atoms with Crippen molar-refractivity contribution in [3.63, 3.8) is 0 Å². The molecule has 4 rings (SSSR count). The minimum Gasteiger partial charge on any atom is -0.489 e. The molecule has 0 saturated carbocycles. The number of aryl methyl sites for hydroxylation is 3. The zero-order valence-electron chi connectivity index (χ0n) is 15.5. The van der Waals surface area contributed by atoms with Gasteiger partial charge in [-0.25, -0.2) is 13.4 Å². The van der Waals surface area contributed by atoms with Crippen LogP contribution in [0.5, 0.6) is 5.75 Å². The highest BCUT2D eigenvalue weighted by Gasteiger charge is 2.32. The molecule has 140 valence electrons. The molecule has 0 unspecified atom stereocenters. The number of ether oxygens (including phenoxy) is 1. The molecule has 0 bridgehead atoms. The van der Waals surface area contributed by atoms with Gasteiger partial charge in [-0.05, 0) is 50.1 Å². The van der Waals surface area contributed by atoms with Crippen LogP contribution in [0.4, 0.5) is 5.69 Å². The van der Waals surface area contributed by atoms with Crippen molar-refractivity contribution < 1.29 is 13.2 Å². The smallest absolute Gasteiger partial charge is 0.264 e. The van der Waals surface area contributed by atoms with Crippen LogP contribution in [0.25, 0.3) is 5.69 Å². The van der Waals surface area contributed by atoms with Crippen LogP contribution in [0.1, 0.15) is 16.8 Å². The average molecular weight is 383 g/mol. The van der Waals surface area contributed by atoms with Crippen LogP contribution in [0.3, 0.4) is 0 Å². The van der Waals surface area contributed by atoms with Crippen LogP contribution in [0.15, 0.2) is 53.8 Å². The van der Waals surface area contributed by atoms with Crippen LogP contribution < -0.4 is 9.04 Å². The molecule has 2 heterocycles. The molecule has 0 N–H and O–H groups in total. The minimum atomic E-state index is -3.73. The van der Waals surface area contributed by atoms with Gasteiger partial charge in [0.25, 0.3) is 10.0 Å². The molecule has 0 radical (unpaired) electrons. The lowest BCUT2D eigenvalue weighted by Gasteiger charge is -2.32. The lowest BCUT2D eigenvalue weighted by molar-refractivity contribution is 0.315. The second kappa shape index (κ2) is 6.42. The molecule has 27 heavy (non-hydrogen) atoms. The third kappa shape index (κ3) is 2.98. The van der Waals surface area contributed by atoms with Crippen LogP contribution in [-0.2, 0) is 10.0 Å². The fourth-order valence-corrected chi connectivity index (χ4v) is 5.14. The van der Waals surface area contributed by atoms with Gasteiger partial charge in [0.2, 0.25) is 0 Å². The molecule has 1 aliphatic heterocycles. The minimum absolute atomic E-state index is 0.286. The number of benzene rings is 2. The van der Waals surface area contributed by atoms with Crippen LogP contribution >= 0.6 is 0 Å². The summed E-state index contributed by atoms with van der Waals surface area (Å²) in [6.07, 6.45) is 3.56. The average Bonchev–Trinajstić information content (AvgIpc) is 3.08. The second-order valence-electron chi connectivity index (χ2n) is 6.72. The molecule has 0 fully saturated rings. The highest BCUT2D eigenvalue weighted by Crippen LogP contribution is 2.38. The summed E-state index contributed by atoms with van der Waals surface area (Å²) in [5.41, 5.74) is 3.83. The Morgan fingerprint density at radius 2 is 1.89 bits per heavy atom. The second-order valence-corrected chi connectivity index (χ2v) is 8.55. The number of hydrogen-bond donors (Lipinski definition) is 0. The van der Waals surface area contributed by atoms with Crippen molar-refractivity contribution >= 4 is 15.7 Å². The summed E-state index contributed by atoms with van der Waals surface area (Å²) in [7, 11) is -3.73. The van der Waals surface area contributed by atoms with E-state index in [9.17, 15) is 8.42 Å². The molecule has 1 aliphatic rings. The van der Waals surface area contributed by atoms with Gasteiger partial charge in [0, 0.05) is 11.9 Å². The first kappa shape index (κ1) is 17.6. The predicted octanol–water partition coefficient (Wildman–Crippen LogP) is 3.39. The summed E-state index contributed by atoms with van der Waals surface area (Å²) in [6.45, 7) is 6.22. The summed E-state index contributed by atoms with van der Waals surface area (Å²) in [5.74, 6) is 0.601. The molecular weight excluding hydrogens is 362 g/mol. The normalized spacial score (nSPS) is 14.0. The summed E-state index contributed by atoms with van der Waals surface area (Å²) in [4.78, 5) is 4.52. The zero-order valence-corrected chi connectivity index (χ0v) is 16.3. The number of imidazole rings is 1. The molecule has 0 spiro atoms. The number of fused-ring (bicyclic) bond motifs is 1. The van der Waals surface area contributed by atoms with E-state index in [1.165, 1.54) is 4.31 Å². The van der Waals surface area contributed by atoms with Crippen molar-refractivity contribution in [1.82, 2.24) is 9.55 Å². The monoisotopic (exact) mass is 383 g/mol. The lowest BCUT2D eigenvalue weighted by Crippen LogP contribution is -2.38. The Bertz CT molecular complexity index is 1120. The molecule has 0 atom stereocenters. The van der Waals surface area contributed by atoms with E-state index in [1.54, 1.807) is 12.4 Å². The van der Waals surface area contributed by atoms with E-state index < -0.39 is 10.0 Å². The molecule has 6 nitrogen and oxygen atoms in total. The van der Waals surface area contributed by atoms with Gasteiger partial charge in [0.15, 0.2) is 0 Å². The Kier molecular flexibility index (Phi) is 4.19. The SMILES string of the molecule is Cc1cn(-c2ccc(C)c(S(=O)(=O)N3CCOc4cccc(C)c43)c2)cn1. The standard InChI is InChI=1S/C20H21N3O3S/c1-14-7-8-17(22-12-16(3)21-13-22)11-19(14)27(24,25)23-9-10-26-18-6-4-5-15(2)20(18)23/h4-8,11-13H,9-10H2,1-3H3. The molecule has 3 aromatic rings. The number of sulfonamides is 1. The van der Waals surface area contributed by atoms with E-state index in [-0.39, 0.29) is 6.54 Å². The Balaban J connectivity index is 1.84. The maximum Gasteiger partial charge on any atom is 0.264 e. The molecule has 0 amide bonds. The zero-order chi connectivity index (χ0) is 19.2. The number of rotatable bonds is 3. The van der Waals surface area contributed by atoms with Gasteiger partial charge < -0.3 is 9.30 Å². The van der Waals surface area contributed by atoms with E-state index >= 15 is 0 Å². The van der Waals surface area contributed by atoms with E-state index in [2.05, 4.69) is 4.98 Å². The number of anilines is 1. The number of hydrogen-bond acceptors (Lipinski definition) is 4. The van der Waals surface area contributed by atoms with Crippen LogP contribution in [0.2, 0.25) is 0 Å². The molecule has 2 aromatic carbocycles. The van der Waals surface area contributed by atoms with E-state index in [4.69, 9.17) is 4.74 Å². The largest absolute Gasteiger partial charge is 0.489 e. The van der Waals surface area contributed by atoms with Crippen LogP contribution in [0, 0.1) is 20.8 Å². The van der Waals surface area contributed by atoms with Crippen molar-refractivity contribution in [2.24, 2.45) is 0 Å². The topological polar surface area (TPSA) is 64.4 Å². The van der Waals surface area contributed by atoms with Crippen molar-refractivity contribution in [3.8, 4) is 11.4 Å². The molecule has 0 aliphatic carbocycles. The molecule has 7 heteroatoms. The van der Waals surface area contributed by atoms with Gasteiger partial charge in [0.1, 0.15) is 12.4 Å². The van der Waals surface area contributed by atoms with Crippen molar-refractivity contribution in [1.29, 1.82) is 0 Å². The number of nitrogens with zero attached hydrogens (tertiary/aromatic N) is 3. The van der Waals surface area contributed by atoms with Crippen molar-refractivity contribution in [3.05, 3.63) is 65.7 Å². The van der Waals surface area contributed by atoms with E-state index in [1.807, 2.05) is 61.9 Å². The summed E-state index contributed by atoms with van der Waals surface area (Å²) < 4.78 is 36.1. The van der Waals surface area contributed by atoms with Gasteiger partial charge in [-0.2, -0.15) is 0 Å². The Morgan fingerprint density at radius 1 is 1.07 bits per heavy atom. The lowest BCUT2D eigenvalue weighted by atomic mass is 10.1. The summed E-state index contributed by atoms with van der Waals surface area (Å²) >= 11 is 0. The quantitative estimate of drug-likeness (QED) is 0.695. The Labute approximate surface area is 159 Å². The fraction of sp³-hybridized carbons (Fsp3) is 0.250. The highest BCUT2D eigenvalue weighted by molar-refractivity contribution is 7.93. The first-order chi connectivity index (χ1) is 12.9. The van der Waals surface area contributed by atoms with Crippen molar-refractivity contribution in [2.45, 2.75) is 25.7 Å². The van der Waals surface area contributed by atoms with Gasteiger partial charge in [0.05, 0.1) is 29.1 Å². The summed E-state index contributed by atoms with van der Waals surface area (Å²) in [6, 6.07) is 11.0. The van der Waals surface area contributed by atoms with Crippen molar-refractivity contribution in [2.75, 3.05) is 17.5 Å².